The number of nitrogens with one attached hydrogen (secondary N) is 2. The molecule has 1 heterocycles. The van der Waals surface area contributed by atoms with E-state index >= 15 is 0 Å². The Balaban J connectivity index is 2.70. The molecule has 1 aliphatic heterocycles. The van der Waals surface area contributed by atoms with E-state index in [0.29, 0.717) is 11.8 Å². The molecular weight excluding hydrogens is 140 g/mol. The van der Waals surface area contributed by atoms with Crippen LogP contribution in [0.3, 0.4) is 0 Å². The number of hydrogen-bond acceptors (Lipinski definition) is 3. The van der Waals surface area contributed by atoms with Crippen molar-refractivity contribution in [3.8, 4) is 0 Å². The predicted octanol–water partition coefficient (Wildman–Crippen LogP) is 1.08. The molecule has 0 aromatic rings. The zero-order valence-electron chi connectivity index (χ0n) is 7.77. The average Bonchev–Trinajstić information content (AvgIpc) is 2.34. The van der Waals surface area contributed by atoms with Gasteiger partial charge in [-0.05, 0) is 11.8 Å². The summed E-state index contributed by atoms with van der Waals surface area (Å²) in [6.07, 6.45) is 0. The molecule has 0 radical (unpaired) electrons. The molecular formula is C8H18N2O. The van der Waals surface area contributed by atoms with Crippen LogP contribution in [-0.4, -0.2) is 12.1 Å². The van der Waals surface area contributed by atoms with Crippen molar-refractivity contribution in [3.63, 3.8) is 0 Å². The van der Waals surface area contributed by atoms with Crippen molar-refractivity contribution in [1.82, 2.24) is 11.0 Å². The zero-order chi connectivity index (χ0) is 8.48. The Morgan fingerprint density at radius 1 is 1.18 bits per heavy atom. The Bertz CT molecular complexity index is 118. The summed E-state index contributed by atoms with van der Waals surface area (Å²) in [6.45, 7) is 9.65. The van der Waals surface area contributed by atoms with Gasteiger partial charge in [-0.2, -0.15) is 0 Å². The molecule has 0 spiro atoms. The van der Waals surface area contributed by atoms with Gasteiger partial charge in [0, 0.05) is 6.54 Å². The van der Waals surface area contributed by atoms with E-state index in [2.05, 4.69) is 38.7 Å². The van der Waals surface area contributed by atoms with Crippen LogP contribution < -0.4 is 11.0 Å². The summed E-state index contributed by atoms with van der Waals surface area (Å²) in [5.74, 6) is 1.06. The van der Waals surface area contributed by atoms with Gasteiger partial charge in [0.25, 0.3) is 0 Å². The summed E-state index contributed by atoms with van der Waals surface area (Å²) in [5.41, 5.74) is 5.70. The van der Waals surface area contributed by atoms with Crippen molar-refractivity contribution < 1.29 is 4.84 Å². The van der Waals surface area contributed by atoms with Gasteiger partial charge in [-0.25, -0.2) is 5.43 Å². The number of hydrazine groups is 1. The third-order valence-corrected chi connectivity index (χ3v) is 2.63. The van der Waals surface area contributed by atoms with E-state index < -0.39 is 0 Å². The fourth-order valence-electron chi connectivity index (χ4n) is 1.65. The molecule has 0 unspecified atom stereocenters. The number of hydrogen-bond donors (Lipinski definition) is 2. The Kier molecular flexibility index (Phi) is 2.52. The summed E-state index contributed by atoms with van der Waals surface area (Å²) in [4.78, 5) is 5.50. The molecule has 2 N–H and O–H groups in total. The lowest BCUT2D eigenvalue weighted by Gasteiger charge is -2.34. The van der Waals surface area contributed by atoms with Crippen molar-refractivity contribution in [2.24, 2.45) is 11.8 Å². The number of rotatable bonds is 2. The summed E-state index contributed by atoms with van der Waals surface area (Å²) < 4.78 is 0. The second kappa shape index (κ2) is 3.09. The third kappa shape index (κ3) is 1.41. The van der Waals surface area contributed by atoms with Crippen LogP contribution in [0.2, 0.25) is 0 Å². The van der Waals surface area contributed by atoms with Crippen LogP contribution in [0.25, 0.3) is 0 Å². The van der Waals surface area contributed by atoms with Gasteiger partial charge in [0.2, 0.25) is 0 Å². The van der Waals surface area contributed by atoms with Crippen LogP contribution in [0, 0.1) is 11.8 Å². The Hall–Kier alpha value is -0.120. The van der Waals surface area contributed by atoms with Crippen LogP contribution in [0.1, 0.15) is 27.7 Å². The Labute approximate surface area is 68.4 Å². The quantitative estimate of drug-likeness (QED) is 0.631. The molecule has 0 aromatic carbocycles. The third-order valence-electron chi connectivity index (χ3n) is 2.63. The van der Waals surface area contributed by atoms with E-state index in [-0.39, 0.29) is 5.60 Å². The van der Waals surface area contributed by atoms with Gasteiger partial charge in [0.05, 0.1) is 0 Å². The molecule has 0 atom stereocenters. The van der Waals surface area contributed by atoms with Crippen LogP contribution in [0.15, 0.2) is 0 Å². The van der Waals surface area contributed by atoms with Crippen molar-refractivity contribution >= 4 is 0 Å². The van der Waals surface area contributed by atoms with Gasteiger partial charge in [-0.15, -0.1) is 5.59 Å². The first kappa shape index (κ1) is 8.97. The van der Waals surface area contributed by atoms with Gasteiger partial charge in [-0.3, -0.25) is 4.84 Å². The van der Waals surface area contributed by atoms with E-state index in [1.54, 1.807) is 0 Å². The SMILES string of the molecule is CC(C)C1(C(C)C)CNNO1. The summed E-state index contributed by atoms with van der Waals surface area (Å²) in [7, 11) is 0. The maximum Gasteiger partial charge on any atom is 0.110 e. The van der Waals surface area contributed by atoms with Gasteiger partial charge in [0.1, 0.15) is 5.60 Å². The van der Waals surface area contributed by atoms with Crippen molar-refractivity contribution in [2.45, 2.75) is 33.3 Å². The average molecular weight is 158 g/mol. The van der Waals surface area contributed by atoms with Crippen LogP contribution >= 0.6 is 0 Å². The molecule has 1 fully saturated rings. The van der Waals surface area contributed by atoms with Gasteiger partial charge >= 0.3 is 0 Å². The largest absolute Gasteiger partial charge is 0.278 e. The second-order valence-corrected chi connectivity index (χ2v) is 3.82. The van der Waals surface area contributed by atoms with Crippen LogP contribution in [0.4, 0.5) is 0 Å². The lowest BCUT2D eigenvalue weighted by Crippen LogP contribution is -2.44. The first-order valence-corrected chi connectivity index (χ1v) is 4.25. The molecule has 0 aliphatic carbocycles. The molecule has 0 amide bonds. The van der Waals surface area contributed by atoms with Gasteiger partial charge in [0.15, 0.2) is 0 Å². The summed E-state index contributed by atoms with van der Waals surface area (Å²) in [5, 5.41) is 0. The standard InChI is InChI=1S/C8H18N2O/c1-6(2)8(7(3)4)5-9-10-11-8/h6-7,9-10H,5H2,1-4H3. The molecule has 66 valence electrons. The van der Waals surface area contributed by atoms with E-state index in [9.17, 15) is 0 Å². The Morgan fingerprint density at radius 3 is 1.91 bits per heavy atom. The molecule has 3 heteroatoms. The zero-order valence-corrected chi connectivity index (χ0v) is 7.77. The second-order valence-electron chi connectivity index (χ2n) is 3.82. The lowest BCUT2D eigenvalue weighted by atomic mass is 9.81. The maximum absolute atomic E-state index is 5.50. The summed E-state index contributed by atoms with van der Waals surface area (Å²) >= 11 is 0. The van der Waals surface area contributed by atoms with Crippen molar-refractivity contribution in [1.29, 1.82) is 0 Å². The normalized spacial score (nSPS) is 23.5. The van der Waals surface area contributed by atoms with Crippen molar-refractivity contribution in [2.75, 3.05) is 6.54 Å². The fourth-order valence-corrected chi connectivity index (χ4v) is 1.65. The molecule has 0 bridgehead atoms. The van der Waals surface area contributed by atoms with E-state index in [1.165, 1.54) is 0 Å². The van der Waals surface area contributed by atoms with Gasteiger partial charge < -0.3 is 0 Å². The molecule has 0 saturated carbocycles. The van der Waals surface area contributed by atoms with Crippen LogP contribution in [0.5, 0.6) is 0 Å². The smallest absolute Gasteiger partial charge is 0.110 e. The molecule has 11 heavy (non-hydrogen) atoms. The molecule has 1 rings (SSSR count). The molecule has 1 saturated heterocycles. The lowest BCUT2D eigenvalue weighted by molar-refractivity contribution is -0.108. The van der Waals surface area contributed by atoms with Crippen LogP contribution in [-0.2, 0) is 4.84 Å². The first-order chi connectivity index (χ1) is 5.09. The molecule has 0 aromatic heterocycles. The van der Waals surface area contributed by atoms with E-state index in [4.69, 9.17) is 4.84 Å². The highest BCUT2D eigenvalue weighted by Crippen LogP contribution is 2.30. The van der Waals surface area contributed by atoms with E-state index in [1.807, 2.05) is 0 Å². The highest BCUT2D eigenvalue weighted by molar-refractivity contribution is 4.90. The maximum atomic E-state index is 5.50. The monoisotopic (exact) mass is 158 g/mol. The van der Waals surface area contributed by atoms with E-state index in [0.717, 1.165) is 6.54 Å². The fraction of sp³-hybridized carbons (Fsp3) is 1.00. The molecule has 3 nitrogen and oxygen atoms in total. The highest BCUT2D eigenvalue weighted by Gasteiger charge is 2.41. The Morgan fingerprint density at radius 2 is 1.73 bits per heavy atom. The van der Waals surface area contributed by atoms with Gasteiger partial charge in [-0.1, -0.05) is 27.7 Å². The highest BCUT2D eigenvalue weighted by atomic mass is 16.7. The first-order valence-electron chi connectivity index (χ1n) is 4.25. The molecule has 1 aliphatic rings. The minimum atomic E-state index is -0.0278. The minimum Gasteiger partial charge on any atom is -0.278 e. The minimum absolute atomic E-state index is 0.0278. The summed E-state index contributed by atoms with van der Waals surface area (Å²) in [6, 6.07) is 0. The topological polar surface area (TPSA) is 33.3 Å². The predicted molar refractivity (Wildman–Crippen MR) is 44.6 cm³/mol. The van der Waals surface area contributed by atoms with Crippen molar-refractivity contribution in [3.05, 3.63) is 0 Å².